The minimum Gasteiger partial charge on any atom is -0.338 e. The predicted octanol–water partition coefficient (Wildman–Crippen LogP) is 4.44. The van der Waals surface area contributed by atoms with Crippen molar-refractivity contribution in [2.75, 3.05) is 13.1 Å². The molecule has 2 heterocycles. The fourth-order valence-electron chi connectivity index (χ4n) is 2.41. The number of hydrogen-bond acceptors (Lipinski definition) is 4. The molecule has 0 saturated heterocycles. The summed E-state index contributed by atoms with van der Waals surface area (Å²) in [7, 11) is 0. The molecule has 0 N–H and O–H groups in total. The minimum atomic E-state index is 0.167. The molecule has 2 aromatic rings. The Morgan fingerprint density at radius 3 is 2.90 bits per heavy atom. The molecule has 3 rings (SSSR count). The molecule has 0 radical (unpaired) electrons. The van der Waals surface area contributed by atoms with Crippen LogP contribution in [-0.2, 0) is 0 Å². The Bertz CT molecular complexity index is 614. The van der Waals surface area contributed by atoms with Gasteiger partial charge >= 0.3 is 0 Å². The molecule has 0 spiro atoms. The number of thiazole rings is 1. The minimum absolute atomic E-state index is 0.167. The van der Waals surface area contributed by atoms with Crippen LogP contribution in [0, 0.1) is 12.8 Å². The van der Waals surface area contributed by atoms with Crippen molar-refractivity contribution in [1.29, 1.82) is 0 Å². The standard InChI is InChI=1S/C16H20N2OS2/c1-3-7-18(9-12-4-5-12)16(19)14-11(2)17-15(21-14)13-6-8-20-10-13/h6,8,10,12H,3-5,7,9H2,1-2H3. The summed E-state index contributed by atoms with van der Waals surface area (Å²) in [5.74, 6) is 0.894. The lowest BCUT2D eigenvalue weighted by Crippen LogP contribution is -2.33. The molecule has 0 bridgehead atoms. The van der Waals surface area contributed by atoms with Crippen molar-refractivity contribution in [2.45, 2.75) is 33.1 Å². The number of hydrogen-bond donors (Lipinski definition) is 0. The second-order valence-electron chi connectivity index (χ2n) is 5.64. The highest BCUT2D eigenvalue weighted by atomic mass is 32.1. The Morgan fingerprint density at radius 1 is 1.48 bits per heavy atom. The first-order chi connectivity index (χ1) is 10.2. The number of rotatable bonds is 6. The van der Waals surface area contributed by atoms with Gasteiger partial charge < -0.3 is 4.90 Å². The topological polar surface area (TPSA) is 33.2 Å². The van der Waals surface area contributed by atoms with Crippen LogP contribution < -0.4 is 0 Å². The van der Waals surface area contributed by atoms with Gasteiger partial charge in [-0.2, -0.15) is 11.3 Å². The predicted molar refractivity (Wildman–Crippen MR) is 89.1 cm³/mol. The van der Waals surface area contributed by atoms with Crippen molar-refractivity contribution in [1.82, 2.24) is 9.88 Å². The normalized spacial score (nSPS) is 14.4. The molecular formula is C16H20N2OS2. The van der Waals surface area contributed by atoms with Gasteiger partial charge in [0.15, 0.2) is 0 Å². The maximum Gasteiger partial charge on any atom is 0.265 e. The Morgan fingerprint density at radius 2 is 2.29 bits per heavy atom. The quantitative estimate of drug-likeness (QED) is 0.788. The third kappa shape index (κ3) is 3.35. The number of aryl methyl sites for hydroxylation is 1. The van der Waals surface area contributed by atoms with Gasteiger partial charge in [0.2, 0.25) is 0 Å². The van der Waals surface area contributed by atoms with E-state index < -0.39 is 0 Å². The van der Waals surface area contributed by atoms with E-state index in [1.165, 1.54) is 24.2 Å². The average molecular weight is 320 g/mol. The van der Waals surface area contributed by atoms with Crippen LogP contribution in [0.4, 0.5) is 0 Å². The highest BCUT2D eigenvalue weighted by Crippen LogP contribution is 2.33. The van der Waals surface area contributed by atoms with Crippen molar-refractivity contribution in [3.8, 4) is 10.6 Å². The summed E-state index contributed by atoms with van der Waals surface area (Å²) in [4.78, 5) is 20.2. The third-order valence-corrected chi connectivity index (χ3v) is 5.59. The number of aromatic nitrogens is 1. The maximum atomic E-state index is 12.8. The summed E-state index contributed by atoms with van der Waals surface area (Å²) in [5, 5.41) is 5.09. The molecule has 1 fully saturated rings. The van der Waals surface area contributed by atoms with Gasteiger partial charge in [-0.15, -0.1) is 11.3 Å². The van der Waals surface area contributed by atoms with Crippen molar-refractivity contribution in [3.05, 3.63) is 27.4 Å². The van der Waals surface area contributed by atoms with Crippen LogP contribution in [0.1, 0.15) is 41.6 Å². The Balaban J connectivity index is 1.82. The Labute approximate surface area is 133 Å². The molecule has 1 amide bonds. The van der Waals surface area contributed by atoms with Gasteiger partial charge in [0.1, 0.15) is 9.88 Å². The van der Waals surface area contributed by atoms with Gasteiger partial charge in [-0.05, 0) is 43.6 Å². The highest BCUT2D eigenvalue weighted by molar-refractivity contribution is 7.17. The Kier molecular flexibility index (Phi) is 4.40. The number of thiophene rings is 1. The molecule has 2 aromatic heterocycles. The van der Waals surface area contributed by atoms with Gasteiger partial charge in [-0.1, -0.05) is 6.92 Å². The summed E-state index contributed by atoms with van der Waals surface area (Å²) in [6.07, 6.45) is 3.55. The molecular weight excluding hydrogens is 300 g/mol. The summed E-state index contributed by atoms with van der Waals surface area (Å²) in [6, 6.07) is 2.06. The molecule has 1 saturated carbocycles. The van der Waals surface area contributed by atoms with E-state index in [1.54, 1.807) is 11.3 Å². The lowest BCUT2D eigenvalue weighted by molar-refractivity contribution is 0.0751. The van der Waals surface area contributed by atoms with E-state index in [4.69, 9.17) is 0 Å². The second kappa shape index (κ2) is 6.28. The summed E-state index contributed by atoms with van der Waals surface area (Å²) >= 11 is 3.19. The van der Waals surface area contributed by atoms with Crippen molar-refractivity contribution >= 4 is 28.6 Å². The monoisotopic (exact) mass is 320 g/mol. The third-order valence-electron chi connectivity index (χ3n) is 3.72. The number of nitrogens with zero attached hydrogens (tertiary/aromatic N) is 2. The largest absolute Gasteiger partial charge is 0.338 e. The molecule has 3 nitrogen and oxygen atoms in total. The van der Waals surface area contributed by atoms with Crippen LogP contribution in [0.3, 0.4) is 0 Å². The fourth-order valence-corrected chi connectivity index (χ4v) is 4.15. The van der Waals surface area contributed by atoms with Gasteiger partial charge in [-0.3, -0.25) is 4.79 Å². The van der Waals surface area contributed by atoms with Gasteiger partial charge in [0.05, 0.1) is 5.69 Å². The zero-order chi connectivity index (χ0) is 14.8. The van der Waals surface area contributed by atoms with Gasteiger partial charge in [0, 0.05) is 24.0 Å². The number of carbonyl (C=O) groups excluding carboxylic acids is 1. The summed E-state index contributed by atoms with van der Waals surface area (Å²) in [6.45, 7) is 5.84. The lowest BCUT2D eigenvalue weighted by Gasteiger charge is -2.21. The smallest absolute Gasteiger partial charge is 0.265 e. The molecule has 0 atom stereocenters. The maximum absolute atomic E-state index is 12.8. The molecule has 1 aliphatic rings. The molecule has 21 heavy (non-hydrogen) atoms. The molecule has 1 aliphatic carbocycles. The zero-order valence-electron chi connectivity index (χ0n) is 12.5. The summed E-state index contributed by atoms with van der Waals surface area (Å²) < 4.78 is 0. The zero-order valence-corrected chi connectivity index (χ0v) is 14.1. The van der Waals surface area contributed by atoms with E-state index >= 15 is 0 Å². The van der Waals surface area contributed by atoms with Crippen LogP contribution >= 0.6 is 22.7 Å². The van der Waals surface area contributed by atoms with Crippen molar-refractivity contribution in [2.24, 2.45) is 5.92 Å². The summed E-state index contributed by atoms with van der Waals surface area (Å²) in [5.41, 5.74) is 1.99. The van der Waals surface area contributed by atoms with Crippen molar-refractivity contribution < 1.29 is 4.79 Å². The molecule has 0 aliphatic heterocycles. The number of amides is 1. The van der Waals surface area contributed by atoms with Crippen LogP contribution in [0.2, 0.25) is 0 Å². The van der Waals surface area contributed by atoms with Gasteiger partial charge in [0.25, 0.3) is 5.91 Å². The van der Waals surface area contributed by atoms with E-state index in [0.29, 0.717) is 0 Å². The molecule has 112 valence electrons. The molecule has 0 aromatic carbocycles. The fraction of sp³-hybridized carbons (Fsp3) is 0.500. The SMILES string of the molecule is CCCN(CC1CC1)C(=O)c1sc(-c2ccsc2)nc1C. The highest BCUT2D eigenvalue weighted by Gasteiger charge is 2.28. The van der Waals surface area contributed by atoms with Crippen LogP contribution in [0.5, 0.6) is 0 Å². The lowest BCUT2D eigenvalue weighted by atomic mass is 10.3. The number of carbonyl (C=O) groups is 1. The van der Waals surface area contributed by atoms with Crippen LogP contribution in [-0.4, -0.2) is 28.9 Å². The first-order valence-electron chi connectivity index (χ1n) is 7.48. The van der Waals surface area contributed by atoms with Gasteiger partial charge in [-0.25, -0.2) is 4.98 Å². The van der Waals surface area contributed by atoms with Crippen LogP contribution in [0.25, 0.3) is 10.6 Å². The first-order valence-corrected chi connectivity index (χ1v) is 9.24. The molecule has 5 heteroatoms. The van der Waals surface area contributed by atoms with E-state index in [2.05, 4.69) is 23.4 Å². The van der Waals surface area contributed by atoms with Crippen molar-refractivity contribution in [3.63, 3.8) is 0 Å². The van der Waals surface area contributed by atoms with E-state index in [9.17, 15) is 4.79 Å². The molecule has 0 unspecified atom stereocenters. The van der Waals surface area contributed by atoms with E-state index in [1.807, 2.05) is 17.2 Å². The Hall–Kier alpha value is -1.20. The van der Waals surface area contributed by atoms with E-state index in [0.717, 1.165) is 46.6 Å². The second-order valence-corrected chi connectivity index (χ2v) is 7.42. The van der Waals surface area contributed by atoms with E-state index in [-0.39, 0.29) is 5.91 Å². The van der Waals surface area contributed by atoms with Crippen LogP contribution in [0.15, 0.2) is 16.8 Å². The first kappa shape index (κ1) is 14.7. The average Bonchev–Trinajstić information content (AvgIpc) is 2.98.